The number of ether oxygens (including phenoxy) is 3. The van der Waals surface area contributed by atoms with E-state index in [0.717, 1.165) is 0 Å². The maximum Gasteiger partial charge on any atom is 0.336 e. The van der Waals surface area contributed by atoms with Crippen LogP contribution >= 0.6 is 0 Å². The lowest BCUT2D eigenvalue weighted by molar-refractivity contribution is -0.176. The summed E-state index contributed by atoms with van der Waals surface area (Å²) in [5.41, 5.74) is -0.528. The van der Waals surface area contributed by atoms with E-state index in [1.807, 2.05) is 0 Å². The van der Waals surface area contributed by atoms with Crippen LogP contribution in [0, 0.1) is 17.3 Å². The van der Waals surface area contributed by atoms with Gasteiger partial charge in [-0.25, -0.2) is 14.4 Å². The van der Waals surface area contributed by atoms with Crippen LogP contribution in [0.15, 0.2) is 49.1 Å². The standard InChI is InChI=1S/C19H20O7/c1-5-19-6-12(25-16(21)9(2)7-20)13-10(3)18(23)26-15(13)14(19)11(4)17(22)24-8-19/h5,12-15,20H,1-4,6-8H2/t12-,13+,14+,15-,19+/m0/s1. The van der Waals surface area contributed by atoms with Gasteiger partial charge in [0.2, 0.25) is 0 Å². The van der Waals surface area contributed by atoms with Gasteiger partial charge >= 0.3 is 17.9 Å². The van der Waals surface area contributed by atoms with Crippen molar-refractivity contribution in [3.63, 3.8) is 0 Å². The summed E-state index contributed by atoms with van der Waals surface area (Å²) in [5.74, 6) is -3.09. The number of aliphatic hydroxyl groups excluding tert-OH is 1. The molecule has 26 heavy (non-hydrogen) atoms. The lowest BCUT2D eigenvalue weighted by Gasteiger charge is -2.51. The number of carbonyl (C=O) groups excluding carboxylic acids is 3. The van der Waals surface area contributed by atoms with Crippen molar-refractivity contribution in [2.24, 2.45) is 17.3 Å². The highest BCUT2D eigenvalue weighted by Crippen LogP contribution is 2.55. The molecule has 1 N–H and O–H groups in total. The van der Waals surface area contributed by atoms with Gasteiger partial charge in [-0.15, -0.1) is 6.58 Å². The molecule has 0 amide bonds. The van der Waals surface area contributed by atoms with Crippen LogP contribution in [0.4, 0.5) is 0 Å². The Labute approximate surface area is 150 Å². The maximum absolute atomic E-state index is 12.1. The summed E-state index contributed by atoms with van der Waals surface area (Å²) in [4.78, 5) is 36.3. The zero-order valence-corrected chi connectivity index (χ0v) is 14.2. The van der Waals surface area contributed by atoms with E-state index in [2.05, 4.69) is 26.3 Å². The van der Waals surface area contributed by atoms with Gasteiger partial charge in [-0.05, 0) is 6.42 Å². The Morgan fingerprint density at radius 3 is 2.62 bits per heavy atom. The molecule has 138 valence electrons. The van der Waals surface area contributed by atoms with Crippen molar-refractivity contribution >= 4 is 17.9 Å². The first kappa shape index (κ1) is 18.1. The molecule has 3 fully saturated rings. The molecule has 3 rings (SSSR count). The zero-order chi connectivity index (χ0) is 19.2. The average molecular weight is 360 g/mol. The number of fused-ring (bicyclic) bond motifs is 3. The quantitative estimate of drug-likeness (QED) is 0.343. The van der Waals surface area contributed by atoms with Crippen molar-refractivity contribution in [3.8, 4) is 0 Å². The van der Waals surface area contributed by atoms with Crippen molar-refractivity contribution in [2.45, 2.75) is 18.6 Å². The summed E-state index contributed by atoms with van der Waals surface area (Å²) in [7, 11) is 0. The third kappa shape index (κ3) is 2.50. The van der Waals surface area contributed by atoms with Crippen molar-refractivity contribution in [3.05, 3.63) is 49.1 Å². The van der Waals surface area contributed by atoms with E-state index in [1.54, 1.807) is 6.08 Å². The van der Waals surface area contributed by atoms with Crippen LogP contribution in [0.3, 0.4) is 0 Å². The van der Waals surface area contributed by atoms with Crippen LogP contribution in [-0.2, 0) is 28.6 Å². The molecule has 7 heteroatoms. The van der Waals surface area contributed by atoms with E-state index in [1.165, 1.54) is 0 Å². The van der Waals surface area contributed by atoms with Gasteiger partial charge in [0.15, 0.2) is 0 Å². The second-order valence-electron chi connectivity index (χ2n) is 6.85. The molecule has 5 atom stereocenters. The number of aliphatic hydroxyl groups is 1. The van der Waals surface area contributed by atoms with Crippen molar-refractivity contribution in [1.29, 1.82) is 0 Å². The normalized spacial score (nSPS) is 35.7. The number of esters is 3. The minimum Gasteiger partial charge on any atom is -0.461 e. The largest absolute Gasteiger partial charge is 0.461 e. The van der Waals surface area contributed by atoms with Gasteiger partial charge < -0.3 is 19.3 Å². The predicted octanol–water partition coefficient (Wildman–Crippen LogP) is 0.850. The fraction of sp³-hybridized carbons (Fsp3) is 0.421. The first-order chi connectivity index (χ1) is 12.3. The lowest BCUT2D eigenvalue weighted by Crippen LogP contribution is -2.57. The highest BCUT2D eigenvalue weighted by Gasteiger charge is 2.62. The summed E-state index contributed by atoms with van der Waals surface area (Å²) in [6, 6.07) is 0. The SMILES string of the molecule is C=C[C@@]12COC(=O)C(=C)[C@@H]1[C@H]1OC(=O)C(=C)[C@@H]1[C@@H](OC(=O)C(=C)CO)C2. The zero-order valence-electron chi connectivity index (χ0n) is 14.2. The van der Waals surface area contributed by atoms with E-state index in [4.69, 9.17) is 19.3 Å². The van der Waals surface area contributed by atoms with Gasteiger partial charge in [-0.1, -0.05) is 25.8 Å². The monoisotopic (exact) mass is 360 g/mol. The van der Waals surface area contributed by atoms with Crippen LogP contribution < -0.4 is 0 Å². The molecule has 0 aromatic heterocycles. The fourth-order valence-electron chi connectivity index (χ4n) is 4.06. The Balaban J connectivity index is 2.02. The fourth-order valence-corrected chi connectivity index (χ4v) is 4.06. The van der Waals surface area contributed by atoms with Crippen LogP contribution in [0.2, 0.25) is 0 Å². The molecule has 7 nitrogen and oxygen atoms in total. The smallest absolute Gasteiger partial charge is 0.336 e. The van der Waals surface area contributed by atoms with Crippen molar-refractivity contribution in [1.82, 2.24) is 0 Å². The Hall–Kier alpha value is -2.67. The molecule has 0 bridgehead atoms. The van der Waals surface area contributed by atoms with Crippen LogP contribution in [-0.4, -0.2) is 48.4 Å². The molecule has 2 saturated heterocycles. The van der Waals surface area contributed by atoms with Gasteiger partial charge in [0.05, 0.1) is 18.1 Å². The Morgan fingerprint density at radius 1 is 1.31 bits per heavy atom. The summed E-state index contributed by atoms with van der Waals surface area (Å²) < 4.78 is 16.2. The lowest BCUT2D eigenvalue weighted by atomic mass is 9.57. The number of carbonyl (C=O) groups is 3. The third-order valence-electron chi connectivity index (χ3n) is 5.45. The van der Waals surface area contributed by atoms with Gasteiger partial charge in [-0.3, -0.25) is 0 Å². The topological polar surface area (TPSA) is 99.1 Å². The molecule has 0 aromatic rings. The molecular formula is C19H20O7. The maximum atomic E-state index is 12.1. The minimum absolute atomic E-state index is 0.0151. The van der Waals surface area contributed by atoms with Gasteiger partial charge in [0.1, 0.15) is 18.8 Å². The predicted molar refractivity (Wildman–Crippen MR) is 89.5 cm³/mol. The van der Waals surface area contributed by atoms with Gasteiger partial charge in [0.25, 0.3) is 0 Å². The summed E-state index contributed by atoms with van der Waals surface area (Å²) in [6.45, 7) is 14.3. The summed E-state index contributed by atoms with van der Waals surface area (Å²) >= 11 is 0. The first-order valence-electron chi connectivity index (χ1n) is 8.14. The molecule has 0 spiro atoms. The van der Waals surface area contributed by atoms with Gasteiger partial charge in [0, 0.05) is 22.5 Å². The number of hydrogen-bond acceptors (Lipinski definition) is 7. The molecule has 1 saturated carbocycles. The molecular weight excluding hydrogens is 340 g/mol. The number of hydrogen-bond donors (Lipinski definition) is 1. The molecule has 0 radical (unpaired) electrons. The van der Waals surface area contributed by atoms with Crippen LogP contribution in [0.5, 0.6) is 0 Å². The summed E-state index contributed by atoms with van der Waals surface area (Å²) in [6.07, 6.45) is 0.340. The first-order valence-corrected chi connectivity index (χ1v) is 8.14. The van der Waals surface area contributed by atoms with Crippen LogP contribution in [0.25, 0.3) is 0 Å². The van der Waals surface area contributed by atoms with Crippen molar-refractivity contribution in [2.75, 3.05) is 13.2 Å². The number of rotatable bonds is 4. The second kappa shape index (κ2) is 6.25. The third-order valence-corrected chi connectivity index (χ3v) is 5.45. The van der Waals surface area contributed by atoms with E-state index >= 15 is 0 Å². The molecule has 0 unspecified atom stereocenters. The Bertz CT molecular complexity index is 749. The minimum atomic E-state index is -0.789. The van der Waals surface area contributed by atoms with E-state index in [-0.39, 0.29) is 29.7 Å². The second-order valence-corrected chi connectivity index (χ2v) is 6.85. The van der Waals surface area contributed by atoms with E-state index in [0.29, 0.717) is 0 Å². The molecule has 0 aromatic carbocycles. The molecule has 2 aliphatic heterocycles. The van der Waals surface area contributed by atoms with Gasteiger partial charge in [-0.2, -0.15) is 0 Å². The Morgan fingerprint density at radius 2 is 2.00 bits per heavy atom. The van der Waals surface area contributed by atoms with E-state index in [9.17, 15) is 14.4 Å². The molecule has 2 heterocycles. The average Bonchev–Trinajstić information content (AvgIpc) is 2.92. The van der Waals surface area contributed by atoms with Crippen LogP contribution in [0.1, 0.15) is 6.42 Å². The highest BCUT2D eigenvalue weighted by atomic mass is 16.6. The number of cyclic esters (lactones) is 1. The molecule has 3 aliphatic rings. The van der Waals surface area contributed by atoms with E-state index < -0.39 is 54.0 Å². The summed E-state index contributed by atoms with van der Waals surface area (Å²) in [5, 5.41) is 9.08. The molecule has 1 aliphatic carbocycles. The van der Waals surface area contributed by atoms with Crippen molar-refractivity contribution < 1.29 is 33.7 Å². The highest BCUT2D eigenvalue weighted by molar-refractivity contribution is 5.93. The Kier molecular flexibility index (Phi) is 4.36.